The molecule has 1 aromatic carbocycles. The summed E-state index contributed by atoms with van der Waals surface area (Å²) >= 11 is 0. The molecule has 1 rings (SSSR count). The lowest BCUT2D eigenvalue weighted by atomic mass is 10.3. The van der Waals surface area contributed by atoms with Crippen LogP contribution in [0.1, 0.15) is 26.7 Å². The Bertz CT molecular complexity index is 454. The van der Waals surface area contributed by atoms with E-state index >= 15 is 0 Å². The third-order valence-corrected chi connectivity index (χ3v) is 4.62. The molecule has 108 valence electrons. The molecule has 0 radical (unpaired) electrons. The van der Waals surface area contributed by atoms with E-state index in [1.807, 2.05) is 26.0 Å². The summed E-state index contributed by atoms with van der Waals surface area (Å²) in [5.41, 5.74) is 0.937. The monoisotopic (exact) mass is 285 g/mol. The van der Waals surface area contributed by atoms with Crippen molar-refractivity contribution in [2.45, 2.75) is 31.6 Å². The molecule has 0 heterocycles. The van der Waals surface area contributed by atoms with E-state index in [4.69, 9.17) is 4.74 Å². The van der Waals surface area contributed by atoms with E-state index in [0.29, 0.717) is 11.3 Å². The Labute approximate surface area is 116 Å². The topological polar surface area (TPSA) is 55.4 Å². The molecule has 0 atom stereocenters. The molecular formula is C14H23NO3S. The second-order valence-electron chi connectivity index (χ2n) is 4.32. The average molecular weight is 285 g/mol. The maximum atomic E-state index is 11.8. The van der Waals surface area contributed by atoms with E-state index in [0.717, 1.165) is 31.9 Å². The first-order valence-corrected chi connectivity index (χ1v) is 8.39. The highest BCUT2D eigenvalue weighted by Gasteiger charge is 2.12. The number of hydrogen-bond donors (Lipinski definition) is 1. The molecule has 0 amide bonds. The third-order valence-electron chi connectivity index (χ3n) is 2.68. The predicted octanol–water partition coefficient (Wildman–Crippen LogP) is 2.71. The Balaban J connectivity index is 2.48. The summed E-state index contributed by atoms with van der Waals surface area (Å²) in [6, 6.07) is 6.94. The van der Waals surface area contributed by atoms with Gasteiger partial charge in [-0.3, -0.25) is 0 Å². The molecule has 0 bridgehead atoms. The fraction of sp³-hybridized carbons (Fsp3) is 0.571. The Hall–Kier alpha value is -1.07. The number of nitrogens with one attached hydrogen (secondary N) is 1. The van der Waals surface area contributed by atoms with Crippen molar-refractivity contribution in [3.63, 3.8) is 0 Å². The van der Waals surface area contributed by atoms with Gasteiger partial charge in [-0.15, -0.1) is 0 Å². The van der Waals surface area contributed by atoms with Gasteiger partial charge in [-0.1, -0.05) is 6.92 Å². The molecule has 0 spiro atoms. The summed E-state index contributed by atoms with van der Waals surface area (Å²) < 4.78 is 28.9. The van der Waals surface area contributed by atoms with Crippen LogP contribution in [0.5, 0.6) is 0 Å². The molecule has 0 aliphatic heterocycles. The summed E-state index contributed by atoms with van der Waals surface area (Å²) in [5.74, 6) is 0.203. The number of sulfone groups is 1. The lowest BCUT2D eigenvalue weighted by Crippen LogP contribution is -2.07. The van der Waals surface area contributed by atoms with E-state index in [2.05, 4.69) is 5.32 Å². The molecule has 0 aliphatic rings. The van der Waals surface area contributed by atoms with Crippen LogP contribution in [0.3, 0.4) is 0 Å². The van der Waals surface area contributed by atoms with Crippen LogP contribution < -0.4 is 5.32 Å². The van der Waals surface area contributed by atoms with Crippen molar-refractivity contribution >= 4 is 15.5 Å². The van der Waals surface area contributed by atoms with Gasteiger partial charge in [0.15, 0.2) is 9.84 Å². The quantitative estimate of drug-likeness (QED) is 0.709. The van der Waals surface area contributed by atoms with Crippen LogP contribution in [0.25, 0.3) is 0 Å². The molecule has 0 saturated heterocycles. The minimum atomic E-state index is -3.11. The minimum absolute atomic E-state index is 0.203. The van der Waals surface area contributed by atoms with Crippen LogP contribution >= 0.6 is 0 Å². The standard InChI is InChI=1S/C14H23NO3S/c1-3-12-19(16,17)14-8-6-13(7-9-14)15-10-5-11-18-4-2/h6-9,15H,3-5,10-12H2,1-2H3. The largest absolute Gasteiger partial charge is 0.385 e. The average Bonchev–Trinajstić information content (AvgIpc) is 2.39. The van der Waals surface area contributed by atoms with Gasteiger partial charge in [0.05, 0.1) is 10.6 Å². The highest BCUT2D eigenvalue weighted by Crippen LogP contribution is 2.16. The van der Waals surface area contributed by atoms with E-state index in [1.54, 1.807) is 12.1 Å². The Morgan fingerprint density at radius 3 is 2.42 bits per heavy atom. The first kappa shape index (κ1) is 16.0. The highest BCUT2D eigenvalue weighted by atomic mass is 32.2. The van der Waals surface area contributed by atoms with Crippen LogP contribution in [0.2, 0.25) is 0 Å². The normalized spacial score (nSPS) is 11.5. The van der Waals surface area contributed by atoms with Crippen LogP contribution in [0.15, 0.2) is 29.2 Å². The van der Waals surface area contributed by atoms with Crippen molar-refractivity contribution in [1.82, 2.24) is 0 Å². The van der Waals surface area contributed by atoms with Crippen molar-refractivity contribution in [2.24, 2.45) is 0 Å². The highest BCUT2D eigenvalue weighted by molar-refractivity contribution is 7.91. The molecule has 0 aliphatic carbocycles. The molecule has 1 N–H and O–H groups in total. The van der Waals surface area contributed by atoms with E-state index in [1.165, 1.54) is 0 Å². The minimum Gasteiger partial charge on any atom is -0.385 e. The fourth-order valence-electron chi connectivity index (χ4n) is 1.72. The Kier molecular flexibility index (Phi) is 6.87. The van der Waals surface area contributed by atoms with Crippen molar-refractivity contribution in [1.29, 1.82) is 0 Å². The zero-order valence-corrected chi connectivity index (χ0v) is 12.5. The molecule has 5 heteroatoms. The molecule has 1 aromatic rings. The smallest absolute Gasteiger partial charge is 0.178 e. The van der Waals surface area contributed by atoms with Gasteiger partial charge in [-0.05, 0) is 44.0 Å². The van der Waals surface area contributed by atoms with E-state index < -0.39 is 9.84 Å². The Morgan fingerprint density at radius 1 is 1.16 bits per heavy atom. The van der Waals surface area contributed by atoms with E-state index in [-0.39, 0.29) is 5.75 Å². The van der Waals surface area contributed by atoms with Crippen molar-refractivity contribution in [3.8, 4) is 0 Å². The van der Waals surface area contributed by atoms with Crippen LogP contribution in [0, 0.1) is 0 Å². The first-order valence-electron chi connectivity index (χ1n) is 6.74. The van der Waals surface area contributed by atoms with Gasteiger partial charge < -0.3 is 10.1 Å². The lowest BCUT2D eigenvalue weighted by molar-refractivity contribution is 0.147. The number of anilines is 1. The maximum absolute atomic E-state index is 11.8. The number of benzene rings is 1. The van der Waals surface area contributed by atoms with Gasteiger partial charge >= 0.3 is 0 Å². The lowest BCUT2D eigenvalue weighted by Gasteiger charge is -2.08. The zero-order valence-electron chi connectivity index (χ0n) is 11.7. The van der Waals surface area contributed by atoms with Crippen LogP contribution in [0.4, 0.5) is 5.69 Å². The summed E-state index contributed by atoms with van der Waals surface area (Å²) in [7, 11) is -3.11. The second-order valence-corrected chi connectivity index (χ2v) is 6.43. The summed E-state index contributed by atoms with van der Waals surface area (Å²) in [4.78, 5) is 0.397. The van der Waals surface area contributed by atoms with Gasteiger partial charge in [0.1, 0.15) is 0 Å². The molecule has 19 heavy (non-hydrogen) atoms. The maximum Gasteiger partial charge on any atom is 0.178 e. The summed E-state index contributed by atoms with van der Waals surface area (Å²) in [6.45, 7) is 6.15. The first-order chi connectivity index (χ1) is 9.10. The van der Waals surface area contributed by atoms with Gasteiger partial charge in [-0.25, -0.2) is 8.42 Å². The fourth-order valence-corrected chi connectivity index (χ4v) is 3.04. The van der Waals surface area contributed by atoms with Crippen molar-refractivity contribution in [2.75, 3.05) is 30.8 Å². The molecule has 0 fully saturated rings. The van der Waals surface area contributed by atoms with Gasteiger partial charge in [0.25, 0.3) is 0 Å². The van der Waals surface area contributed by atoms with Crippen molar-refractivity contribution in [3.05, 3.63) is 24.3 Å². The van der Waals surface area contributed by atoms with Gasteiger partial charge in [0.2, 0.25) is 0 Å². The molecule has 4 nitrogen and oxygen atoms in total. The van der Waals surface area contributed by atoms with Gasteiger partial charge in [0, 0.05) is 25.4 Å². The molecule has 0 saturated carbocycles. The second kappa shape index (κ2) is 8.17. The van der Waals surface area contributed by atoms with Crippen molar-refractivity contribution < 1.29 is 13.2 Å². The summed E-state index contributed by atoms with van der Waals surface area (Å²) in [6.07, 6.45) is 1.57. The molecule has 0 aromatic heterocycles. The number of ether oxygens (including phenoxy) is 1. The Morgan fingerprint density at radius 2 is 1.84 bits per heavy atom. The summed E-state index contributed by atoms with van der Waals surface area (Å²) in [5, 5.41) is 3.24. The van der Waals surface area contributed by atoms with Crippen LogP contribution in [-0.2, 0) is 14.6 Å². The van der Waals surface area contributed by atoms with Gasteiger partial charge in [-0.2, -0.15) is 0 Å². The molecule has 0 unspecified atom stereocenters. The SMILES string of the molecule is CCCS(=O)(=O)c1ccc(NCCCOCC)cc1. The number of hydrogen-bond acceptors (Lipinski definition) is 4. The zero-order chi connectivity index (χ0) is 14.1. The van der Waals surface area contributed by atoms with Crippen LogP contribution in [-0.4, -0.2) is 33.9 Å². The third kappa shape index (κ3) is 5.61. The predicted molar refractivity (Wildman–Crippen MR) is 78.4 cm³/mol. The van der Waals surface area contributed by atoms with E-state index in [9.17, 15) is 8.42 Å². The number of rotatable bonds is 9. The molecular weight excluding hydrogens is 262 g/mol.